The number of pyridine rings is 1. The summed E-state index contributed by atoms with van der Waals surface area (Å²) in [5, 5.41) is 18.8. The van der Waals surface area contributed by atoms with Gasteiger partial charge >= 0.3 is 6.18 Å². The first kappa shape index (κ1) is 25.3. The molecule has 1 atom stereocenters. The standard InChI is InChI=1S/C23H23F3N6OS/c1-2-16-17(11-27)21(32-9-7-15(29)8-10-32)31-22(18(16)12-28)34-19(20(30)33)13-3-5-14(6-4-13)23(24,25)26/h3-6,15,19H,2,7-10,29H2,1H3,(H2,30,33)/t19-/m1/s1. The second kappa shape index (κ2) is 10.3. The molecule has 7 nitrogen and oxygen atoms in total. The van der Waals surface area contributed by atoms with Gasteiger partial charge in [0, 0.05) is 19.1 Å². The van der Waals surface area contributed by atoms with Crippen molar-refractivity contribution in [1.29, 1.82) is 10.5 Å². The van der Waals surface area contributed by atoms with Crippen molar-refractivity contribution in [2.45, 2.75) is 48.7 Å². The first-order valence-corrected chi connectivity index (χ1v) is 11.5. The van der Waals surface area contributed by atoms with Crippen LogP contribution >= 0.6 is 11.8 Å². The largest absolute Gasteiger partial charge is 0.416 e. The number of thioether (sulfide) groups is 1. The van der Waals surface area contributed by atoms with E-state index >= 15 is 0 Å². The zero-order valence-electron chi connectivity index (χ0n) is 18.4. The normalized spacial score (nSPS) is 15.4. The molecule has 34 heavy (non-hydrogen) atoms. The maximum absolute atomic E-state index is 12.9. The molecule has 0 radical (unpaired) electrons. The Hall–Kier alpha value is -3.28. The Kier molecular flexibility index (Phi) is 7.70. The minimum atomic E-state index is -4.52. The number of alkyl halides is 3. The molecule has 0 aliphatic carbocycles. The van der Waals surface area contributed by atoms with Crippen LogP contribution in [0.25, 0.3) is 0 Å². The molecule has 2 heterocycles. The summed E-state index contributed by atoms with van der Waals surface area (Å²) in [6.45, 7) is 2.98. The molecular weight excluding hydrogens is 465 g/mol. The molecule has 1 saturated heterocycles. The fourth-order valence-corrected chi connectivity index (χ4v) is 4.92. The first-order chi connectivity index (χ1) is 16.1. The fourth-order valence-electron chi connectivity index (χ4n) is 3.86. The monoisotopic (exact) mass is 488 g/mol. The van der Waals surface area contributed by atoms with Crippen molar-refractivity contribution in [2.24, 2.45) is 11.5 Å². The number of aromatic nitrogens is 1. The molecule has 1 amide bonds. The quantitative estimate of drug-likeness (QED) is 0.593. The van der Waals surface area contributed by atoms with Gasteiger partial charge < -0.3 is 16.4 Å². The number of carbonyl (C=O) groups is 1. The highest BCUT2D eigenvalue weighted by atomic mass is 32.2. The van der Waals surface area contributed by atoms with Crippen LogP contribution in [0.4, 0.5) is 19.0 Å². The Morgan fingerprint density at radius 1 is 1.21 bits per heavy atom. The third-order valence-electron chi connectivity index (χ3n) is 5.69. The Morgan fingerprint density at radius 3 is 2.26 bits per heavy atom. The molecule has 0 bridgehead atoms. The Balaban J connectivity index is 2.08. The smallest absolute Gasteiger partial charge is 0.368 e. The van der Waals surface area contributed by atoms with Gasteiger partial charge in [-0.15, -0.1) is 0 Å². The number of nitrogens with two attached hydrogens (primary N) is 2. The van der Waals surface area contributed by atoms with Crippen molar-refractivity contribution in [2.75, 3.05) is 18.0 Å². The number of rotatable bonds is 6. The van der Waals surface area contributed by atoms with Gasteiger partial charge in [-0.25, -0.2) is 4.98 Å². The van der Waals surface area contributed by atoms with Crippen molar-refractivity contribution >= 4 is 23.5 Å². The average molecular weight is 489 g/mol. The van der Waals surface area contributed by atoms with E-state index in [1.807, 2.05) is 11.8 Å². The summed E-state index contributed by atoms with van der Waals surface area (Å²) in [4.78, 5) is 18.8. The third-order valence-corrected chi connectivity index (χ3v) is 6.95. The molecule has 1 aliphatic rings. The van der Waals surface area contributed by atoms with Crippen molar-refractivity contribution in [1.82, 2.24) is 4.98 Å². The van der Waals surface area contributed by atoms with E-state index < -0.39 is 22.9 Å². The molecule has 0 unspecified atom stereocenters. The number of nitriles is 2. The van der Waals surface area contributed by atoms with Gasteiger partial charge in [-0.3, -0.25) is 4.79 Å². The van der Waals surface area contributed by atoms with E-state index in [1.54, 1.807) is 0 Å². The maximum atomic E-state index is 12.9. The number of anilines is 1. The molecule has 1 aromatic carbocycles. The van der Waals surface area contributed by atoms with Crippen LogP contribution in [0.2, 0.25) is 0 Å². The molecular formula is C23H23F3N6OS. The fraction of sp³-hybridized carbons (Fsp3) is 0.391. The van der Waals surface area contributed by atoms with Crippen LogP contribution < -0.4 is 16.4 Å². The number of carbonyl (C=O) groups excluding carboxylic acids is 1. The molecule has 11 heteroatoms. The maximum Gasteiger partial charge on any atom is 0.416 e. The Bertz CT molecular complexity index is 1150. The van der Waals surface area contributed by atoms with Crippen LogP contribution in [0.15, 0.2) is 29.3 Å². The lowest BCUT2D eigenvalue weighted by Gasteiger charge is -2.32. The molecule has 3 rings (SSSR count). The van der Waals surface area contributed by atoms with Crippen LogP contribution in [0.3, 0.4) is 0 Å². The van der Waals surface area contributed by atoms with Gasteiger partial charge in [0.25, 0.3) is 0 Å². The van der Waals surface area contributed by atoms with Crippen LogP contribution in [0.5, 0.6) is 0 Å². The zero-order chi connectivity index (χ0) is 25.0. The lowest BCUT2D eigenvalue weighted by Crippen LogP contribution is -2.40. The first-order valence-electron chi connectivity index (χ1n) is 10.6. The molecule has 0 spiro atoms. The van der Waals surface area contributed by atoms with E-state index in [-0.39, 0.29) is 22.2 Å². The predicted octanol–water partition coefficient (Wildman–Crippen LogP) is 3.65. The molecule has 4 N–H and O–H groups in total. The van der Waals surface area contributed by atoms with Crippen LogP contribution in [0, 0.1) is 22.7 Å². The number of primary amides is 1. The molecule has 178 valence electrons. The number of piperidine rings is 1. The van der Waals surface area contributed by atoms with Crippen LogP contribution in [-0.2, 0) is 17.4 Å². The van der Waals surface area contributed by atoms with Crippen molar-refractivity contribution in [3.63, 3.8) is 0 Å². The summed E-state index contributed by atoms with van der Waals surface area (Å²) in [5.41, 5.74) is 11.9. The lowest BCUT2D eigenvalue weighted by molar-refractivity contribution is -0.137. The van der Waals surface area contributed by atoms with Crippen molar-refractivity contribution < 1.29 is 18.0 Å². The number of benzene rings is 1. The highest BCUT2D eigenvalue weighted by Gasteiger charge is 2.32. The van der Waals surface area contributed by atoms with E-state index in [1.165, 1.54) is 12.1 Å². The second-order valence-electron chi connectivity index (χ2n) is 7.89. The Labute approximate surface area is 199 Å². The number of nitrogens with zero attached hydrogens (tertiary/aromatic N) is 4. The van der Waals surface area contributed by atoms with Crippen molar-refractivity contribution in [3.8, 4) is 12.1 Å². The van der Waals surface area contributed by atoms with E-state index in [9.17, 15) is 28.5 Å². The number of amides is 1. The summed E-state index contributed by atoms with van der Waals surface area (Å²) in [7, 11) is 0. The molecule has 1 aromatic heterocycles. The average Bonchev–Trinajstić information content (AvgIpc) is 2.81. The van der Waals surface area contributed by atoms with Crippen LogP contribution in [0.1, 0.15) is 52.8 Å². The van der Waals surface area contributed by atoms with Crippen LogP contribution in [-0.4, -0.2) is 30.0 Å². The second-order valence-corrected chi connectivity index (χ2v) is 8.98. The summed E-state index contributed by atoms with van der Waals surface area (Å²) in [6.07, 6.45) is -2.71. The summed E-state index contributed by atoms with van der Waals surface area (Å²) in [6, 6.07) is 8.43. The van der Waals surface area contributed by atoms with E-state index in [4.69, 9.17) is 11.5 Å². The summed E-state index contributed by atoms with van der Waals surface area (Å²) in [5.74, 6) is -0.383. The molecule has 0 saturated carbocycles. The third kappa shape index (κ3) is 5.27. The molecule has 1 fully saturated rings. The van der Waals surface area contributed by atoms with E-state index in [0.717, 1.165) is 23.9 Å². The van der Waals surface area contributed by atoms with E-state index in [0.29, 0.717) is 49.3 Å². The van der Waals surface area contributed by atoms with Gasteiger partial charge in [-0.05, 0) is 42.5 Å². The topological polar surface area (TPSA) is 133 Å². The Morgan fingerprint density at radius 2 is 1.79 bits per heavy atom. The SMILES string of the molecule is CCc1c(C#N)c(S[C@@H](C(N)=O)c2ccc(C(F)(F)F)cc2)nc(N2CCC(N)CC2)c1C#N. The van der Waals surface area contributed by atoms with Gasteiger partial charge in [-0.2, -0.15) is 23.7 Å². The van der Waals surface area contributed by atoms with E-state index in [2.05, 4.69) is 17.1 Å². The highest BCUT2D eigenvalue weighted by molar-refractivity contribution is 8.00. The summed E-state index contributed by atoms with van der Waals surface area (Å²) >= 11 is 0.892. The van der Waals surface area contributed by atoms with Gasteiger partial charge in [0.2, 0.25) is 5.91 Å². The minimum Gasteiger partial charge on any atom is -0.368 e. The highest BCUT2D eigenvalue weighted by Crippen LogP contribution is 2.40. The number of halogens is 3. The molecule has 2 aromatic rings. The lowest BCUT2D eigenvalue weighted by atomic mass is 10.00. The molecule has 1 aliphatic heterocycles. The zero-order valence-corrected chi connectivity index (χ0v) is 19.2. The summed E-state index contributed by atoms with van der Waals surface area (Å²) < 4.78 is 38.8. The minimum absolute atomic E-state index is 0.0542. The predicted molar refractivity (Wildman–Crippen MR) is 122 cm³/mol. The van der Waals surface area contributed by atoms with Gasteiger partial charge in [0.15, 0.2) is 0 Å². The van der Waals surface area contributed by atoms with Gasteiger partial charge in [-0.1, -0.05) is 30.8 Å². The number of hydrogen-bond donors (Lipinski definition) is 2. The van der Waals surface area contributed by atoms with Gasteiger partial charge in [0.05, 0.1) is 16.7 Å². The number of hydrogen-bond acceptors (Lipinski definition) is 7. The van der Waals surface area contributed by atoms with Crippen molar-refractivity contribution in [3.05, 3.63) is 52.1 Å². The van der Waals surface area contributed by atoms with Gasteiger partial charge in [0.1, 0.15) is 28.2 Å².